The van der Waals surface area contributed by atoms with E-state index in [4.69, 9.17) is 5.73 Å². The van der Waals surface area contributed by atoms with Gasteiger partial charge in [-0.3, -0.25) is 0 Å². The number of nitrogens with two attached hydrogens (primary N) is 1. The van der Waals surface area contributed by atoms with Gasteiger partial charge in [-0.15, -0.1) is 0 Å². The average molecular weight is 222 g/mol. The van der Waals surface area contributed by atoms with Gasteiger partial charge in [0.1, 0.15) is 5.67 Å². The van der Waals surface area contributed by atoms with E-state index < -0.39 is 5.67 Å². The average Bonchev–Trinajstić information content (AvgIpc) is 2.30. The molecule has 0 saturated carbocycles. The summed E-state index contributed by atoms with van der Waals surface area (Å²) in [6.07, 6.45) is 1.10. The molecule has 2 rings (SSSR count). The van der Waals surface area contributed by atoms with Crippen LogP contribution in [0.15, 0.2) is 24.3 Å². The maximum atomic E-state index is 14.7. The summed E-state index contributed by atoms with van der Waals surface area (Å²) >= 11 is 0. The van der Waals surface area contributed by atoms with Crippen LogP contribution in [0.3, 0.4) is 0 Å². The minimum Gasteiger partial charge on any atom is -0.324 e. The lowest BCUT2D eigenvalue weighted by atomic mass is 9.85. The molecule has 2 nitrogen and oxygen atoms in total. The second kappa shape index (κ2) is 4.52. The van der Waals surface area contributed by atoms with Gasteiger partial charge in [0.15, 0.2) is 0 Å². The molecule has 1 fully saturated rings. The molecule has 1 aliphatic rings. The number of halogens is 1. The fourth-order valence-electron chi connectivity index (χ4n) is 2.21. The van der Waals surface area contributed by atoms with E-state index in [0.29, 0.717) is 12.8 Å². The second-order valence-corrected chi connectivity index (χ2v) is 4.63. The highest BCUT2D eigenvalue weighted by Gasteiger charge is 2.33. The molecule has 88 valence electrons. The van der Waals surface area contributed by atoms with E-state index in [9.17, 15) is 4.39 Å². The minimum atomic E-state index is -1.17. The number of benzene rings is 1. The molecule has 1 saturated heterocycles. The second-order valence-electron chi connectivity index (χ2n) is 4.63. The van der Waals surface area contributed by atoms with E-state index in [2.05, 4.69) is 5.32 Å². The Balaban J connectivity index is 2.28. The lowest BCUT2D eigenvalue weighted by Crippen LogP contribution is -2.36. The third-order valence-electron chi connectivity index (χ3n) is 3.33. The first-order chi connectivity index (χ1) is 7.62. The van der Waals surface area contributed by atoms with Gasteiger partial charge in [-0.25, -0.2) is 4.39 Å². The normalized spacial score (nSPS) is 21.7. The van der Waals surface area contributed by atoms with Crippen molar-refractivity contribution < 1.29 is 4.39 Å². The van der Waals surface area contributed by atoms with E-state index in [1.165, 1.54) is 0 Å². The summed E-state index contributed by atoms with van der Waals surface area (Å²) in [6.45, 7) is 3.42. The maximum absolute atomic E-state index is 14.7. The smallest absolute Gasteiger partial charge is 0.138 e. The first kappa shape index (κ1) is 11.6. The van der Waals surface area contributed by atoms with E-state index >= 15 is 0 Å². The van der Waals surface area contributed by atoms with Crippen molar-refractivity contribution in [3.63, 3.8) is 0 Å². The van der Waals surface area contributed by atoms with Gasteiger partial charge in [0, 0.05) is 6.04 Å². The molecule has 0 aliphatic carbocycles. The molecule has 1 unspecified atom stereocenters. The van der Waals surface area contributed by atoms with Crippen molar-refractivity contribution in [3.05, 3.63) is 35.4 Å². The molecule has 1 aromatic carbocycles. The number of hydrogen-bond donors (Lipinski definition) is 2. The highest BCUT2D eigenvalue weighted by Crippen LogP contribution is 2.35. The predicted molar refractivity (Wildman–Crippen MR) is 63.9 cm³/mol. The maximum Gasteiger partial charge on any atom is 0.138 e. The molecule has 3 N–H and O–H groups in total. The van der Waals surface area contributed by atoms with E-state index in [0.717, 1.165) is 24.2 Å². The van der Waals surface area contributed by atoms with Gasteiger partial charge in [-0.05, 0) is 44.0 Å². The lowest BCUT2D eigenvalue weighted by molar-refractivity contribution is 0.115. The third-order valence-corrected chi connectivity index (χ3v) is 3.33. The van der Waals surface area contributed by atoms with Gasteiger partial charge >= 0.3 is 0 Å². The Morgan fingerprint density at radius 1 is 1.38 bits per heavy atom. The lowest BCUT2D eigenvalue weighted by Gasteiger charge is -2.31. The van der Waals surface area contributed by atoms with Crippen LogP contribution in [0, 0.1) is 0 Å². The van der Waals surface area contributed by atoms with Gasteiger partial charge in [0.25, 0.3) is 0 Å². The highest BCUT2D eigenvalue weighted by atomic mass is 19.1. The highest BCUT2D eigenvalue weighted by molar-refractivity contribution is 5.30. The molecule has 16 heavy (non-hydrogen) atoms. The molecular formula is C13H19FN2. The van der Waals surface area contributed by atoms with Crippen molar-refractivity contribution in [1.82, 2.24) is 5.32 Å². The summed E-state index contributed by atoms with van der Waals surface area (Å²) in [5.41, 5.74) is 6.44. The number of piperidine rings is 1. The summed E-state index contributed by atoms with van der Waals surface area (Å²) in [5, 5.41) is 3.18. The molecule has 1 aromatic rings. The molecular weight excluding hydrogens is 203 g/mol. The van der Waals surface area contributed by atoms with Crippen molar-refractivity contribution in [2.75, 3.05) is 13.1 Å². The zero-order chi connectivity index (χ0) is 11.6. The molecule has 0 spiro atoms. The monoisotopic (exact) mass is 222 g/mol. The summed E-state index contributed by atoms with van der Waals surface area (Å²) in [4.78, 5) is 0. The van der Waals surface area contributed by atoms with Crippen LogP contribution in [0.25, 0.3) is 0 Å². The Kier molecular flexibility index (Phi) is 3.26. The van der Waals surface area contributed by atoms with Crippen LogP contribution < -0.4 is 11.1 Å². The summed E-state index contributed by atoms with van der Waals surface area (Å²) in [6, 6.07) is 7.61. The number of rotatable bonds is 2. The fraction of sp³-hybridized carbons (Fsp3) is 0.538. The van der Waals surface area contributed by atoms with Crippen LogP contribution in [0.1, 0.15) is 36.9 Å². The number of alkyl halides is 1. The van der Waals surface area contributed by atoms with Crippen molar-refractivity contribution >= 4 is 0 Å². The molecule has 3 heteroatoms. The van der Waals surface area contributed by atoms with Gasteiger partial charge in [0.05, 0.1) is 0 Å². The molecule has 1 aliphatic heterocycles. The first-order valence-corrected chi connectivity index (χ1v) is 5.87. The standard InChI is InChI=1S/C13H19FN2/c1-10(15)11-3-2-4-12(9-11)13(14)5-7-16-8-6-13/h2-4,9-10,16H,5-8,15H2,1H3. The van der Waals surface area contributed by atoms with Crippen LogP contribution >= 0.6 is 0 Å². The molecule has 0 aromatic heterocycles. The SMILES string of the molecule is CC(N)c1cccc(C2(F)CCNCC2)c1. The zero-order valence-corrected chi connectivity index (χ0v) is 9.67. The number of hydrogen-bond acceptors (Lipinski definition) is 2. The van der Waals surface area contributed by atoms with Gasteiger partial charge in [-0.1, -0.05) is 24.3 Å². The Bertz CT molecular complexity index is 357. The molecule has 0 bridgehead atoms. The minimum absolute atomic E-state index is 0.0368. The van der Waals surface area contributed by atoms with Crippen molar-refractivity contribution in [1.29, 1.82) is 0 Å². The Hall–Kier alpha value is -0.930. The fourth-order valence-corrected chi connectivity index (χ4v) is 2.21. The van der Waals surface area contributed by atoms with Gasteiger partial charge < -0.3 is 11.1 Å². The van der Waals surface area contributed by atoms with Crippen LogP contribution in [-0.2, 0) is 5.67 Å². The Morgan fingerprint density at radius 3 is 2.69 bits per heavy atom. The zero-order valence-electron chi connectivity index (χ0n) is 9.67. The summed E-state index contributed by atoms with van der Waals surface area (Å²) in [7, 11) is 0. The van der Waals surface area contributed by atoms with Crippen LogP contribution in [0.4, 0.5) is 4.39 Å². The van der Waals surface area contributed by atoms with Crippen molar-refractivity contribution in [2.24, 2.45) is 5.73 Å². The molecule has 1 heterocycles. The topological polar surface area (TPSA) is 38.0 Å². The Labute approximate surface area is 96.0 Å². The number of nitrogens with one attached hydrogen (secondary N) is 1. The largest absolute Gasteiger partial charge is 0.324 e. The summed E-state index contributed by atoms with van der Waals surface area (Å²) in [5.74, 6) is 0. The van der Waals surface area contributed by atoms with Crippen LogP contribution in [-0.4, -0.2) is 13.1 Å². The quantitative estimate of drug-likeness (QED) is 0.805. The molecule has 1 atom stereocenters. The van der Waals surface area contributed by atoms with Crippen molar-refractivity contribution in [3.8, 4) is 0 Å². The van der Waals surface area contributed by atoms with Crippen LogP contribution in [0.5, 0.6) is 0 Å². The van der Waals surface area contributed by atoms with E-state index in [-0.39, 0.29) is 6.04 Å². The van der Waals surface area contributed by atoms with Crippen molar-refractivity contribution in [2.45, 2.75) is 31.5 Å². The summed E-state index contributed by atoms with van der Waals surface area (Å²) < 4.78 is 14.7. The third kappa shape index (κ3) is 2.25. The first-order valence-electron chi connectivity index (χ1n) is 5.87. The predicted octanol–water partition coefficient (Wildman–Crippen LogP) is 2.25. The van der Waals surface area contributed by atoms with Crippen LogP contribution in [0.2, 0.25) is 0 Å². The van der Waals surface area contributed by atoms with Gasteiger partial charge in [-0.2, -0.15) is 0 Å². The Morgan fingerprint density at radius 2 is 2.06 bits per heavy atom. The molecule has 0 radical (unpaired) electrons. The van der Waals surface area contributed by atoms with Gasteiger partial charge in [0.2, 0.25) is 0 Å². The molecule has 0 amide bonds. The van der Waals surface area contributed by atoms with E-state index in [1.54, 1.807) is 0 Å². The van der Waals surface area contributed by atoms with E-state index in [1.807, 2.05) is 31.2 Å².